The van der Waals surface area contributed by atoms with Crippen molar-refractivity contribution < 1.29 is 29.2 Å². The Morgan fingerprint density at radius 3 is 2.82 bits per heavy atom. The zero-order chi connectivity index (χ0) is 27.2. The number of fused-ring (bicyclic) bond motifs is 1. The van der Waals surface area contributed by atoms with Gasteiger partial charge in [-0.05, 0) is 36.6 Å². The maximum absolute atomic E-state index is 13.4. The van der Waals surface area contributed by atoms with Crippen LogP contribution in [0.25, 0.3) is 10.9 Å². The summed E-state index contributed by atoms with van der Waals surface area (Å²) in [5.41, 5.74) is 1.26. The molecule has 3 aromatic rings. The number of H-pyrrole nitrogens is 1. The number of pyridine rings is 1. The molecule has 4 rings (SSSR count). The zero-order valence-electron chi connectivity index (χ0n) is 20.1. The lowest BCUT2D eigenvalue weighted by Crippen LogP contribution is -2.50. The second kappa shape index (κ2) is 11.4. The van der Waals surface area contributed by atoms with Crippen LogP contribution < -0.4 is 10.1 Å². The van der Waals surface area contributed by atoms with E-state index in [9.17, 15) is 29.8 Å². The quantitative estimate of drug-likeness (QED) is 0.266. The summed E-state index contributed by atoms with van der Waals surface area (Å²) in [6.07, 6.45) is 3.45. The van der Waals surface area contributed by atoms with Gasteiger partial charge in [-0.1, -0.05) is 0 Å². The van der Waals surface area contributed by atoms with Crippen LogP contribution in [0.3, 0.4) is 0 Å². The Morgan fingerprint density at radius 2 is 2.13 bits per heavy atom. The first-order valence-electron chi connectivity index (χ1n) is 11.8. The summed E-state index contributed by atoms with van der Waals surface area (Å²) in [6.45, 7) is 0.396. The second-order valence-corrected chi connectivity index (χ2v) is 8.77. The number of benzene rings is 1. The molecule has 13 nitrogen and oxygen atoms in total. The number of carbonyl (C=O) groups excluding carboxylic acids is 2. The Labute approximate surface area is 216 Å². The van der Waals surface area contributed by atoms with Crippen LogP contribution in [0.15, 0.2) is 42.7 Å². The van der Waals surface area contributed by atoms with Crippen LogP contribution in [0.1, 0.15) is 31.2 Å². The Morgan fingerprint density at radius 1 is 1.32 bits per heavy atom. The van der Waals surface area contributed by atoms with Gasteiger partial charge in [-0.2, -0.15) is 5.26 Å². The monoisotopic (exact) mass is 520 g/mol. The number of nitrogens with one attached hydrogen (secondary N) is 2. The molecule has 196 valence electrons. The molecule has 0 saturated carbocycles. The SMILES string of the molecule is N#CC1CCCN1C(=O)[C@H](Cc1c[nH]c2ccc(Oc3ccc([N+](=O)[O-])cn3)cc12)NC(=O)CCC(=O)O. The fourth-order valence-corrected chi connectivity index (χ4v) is 4.32. The van der Waals surface area contributed by atoms with Crippen LogP contribution in [0.2, 0.25) is 0 Å². The Bertz CT molecular complexity index is 1410. The van der Waals surface area contributed by atoms with Crippen LogP contribution in [-0.4, -0.2) is 61.3 Å². The number of rotatable bonds is 10. The Kier molecular flexibility index (Phi) is 7.81. The maximum Gasteiger partial charge on any atom is 0.303 e. The van der Waals surface area contributed by atoms with Gasteiger partial charge in [-0.3, -0.25) is 24.5 Å². The van der Waals surface area contributed by atoms with Gasteiger partial charge in [0.25, 0.3) is 5.69 Å². The van der Waals surface area contributed by atoms with Gasteiger partial charge in [0.1, 0.15) is 24.0 Å². The highest BCUT2D eigenvalue weighted by molar-refractivity contribution is 5.91. The molecule has 0 spiro atoms. The summed E-state index contributed by atoms with van der Waals surface area (Å²) >= 11 is 0. The fourth-order valence-electron chi connectivity index (χ4n) is 4.32. The molecule has 1 unspecified atom stereocenters. The summed E-state index contributed by atoms with van der Waals surface area (Å²) in [5.74, 6) is -1.56. The number of ether oxygens (including phenoxy) is 1. The van der Waals surface area contributed by atoms with Crippen molar-refractivity contribution in [2.75, 3.05) is 6.54 Å². The van der Waals surface area contributed by atoms with Crippen LogP contribution in [0.4, 0.5) is 5.69 Å². The fraction of sp³-hybridized carbons (Fsp3) is 0.320. The van der Waals surface area contributed by atoms with Crippen molar-refractivity contribution in [1.29, 1.82) is 5.26 Å². The number of hydrogen-bond donors (Lipinski definition) is 3. The molecule has 2 atom stereocenters. The molecule has 13 heteroatoms. The number of hydrogen-bond acceptors (Lipinski definition) is 8. The lowest BCUT2D eigenvalue weighted by atomic mass is 10.0. The van der Waals surface area contributed by atoms with Crippen molar-refractivity contribution in [2.24, 2.45) is 0 Å². The molecule has 2 aromatic heterocycles. The molecule has 1 aromatic carbocycles. The van der Waals surface area contributed by atoms with Gasteiger partial charge in [0.05, 0.1) is 17.4 Å². The maximum atomic E-state index is 13.4. The van der Waals surface area contributed by atoms with Crippen molar-refractivity contribution in [1.82, 2.24) is 20.2 Å². The number of carboxylic acids is 1. The number of carboxylic acid groups (broad SMARTS) is 1. The summed E-state index contributed by atoms with van der Waals surface area (Å²) in [5, 5.41) is 32.5. The molecular formula is C25H24N6O7. The van der Waals surface area contributed by atoms with Gasteiger partial charge in [-0.15, -0.1) is 0 Å². The predicted molar refractivity (Wildman–Crippen MR) is 132 cm³/mol. The molecule has 1 saturated heterocycles. The minimum absolute atomic E-state index is 0.0888. The smallest absolute Gasteiger partial charge is 0.303 e. The Hall–Kier alpha value is -4.99. The molecule has 1 aliphatic heterocycles. The van der Waals surface area contributed by atoms with Crippen molar-refractivity contribution in [3.63, 3.8) is 0 Å². The van der Waals surface area contributed by atoms with Crippen LogP contribution in [0.5, 0.6) is 11.6 Å². The van der Waals surface area contributed by atoms with E-state index < -0.39 is 34.8 Å². The van der Waals surface area contributed by atoms with E-state index in [-0.39, 0.29) is 30.8 Å². The highest BCUT2D eigenvalue weighted by Crippen LogP contribution is 2.28. The predicted octanol–water partition coefficient (Wildman–Crippen LogP) is 2.67. The summed E-state index contributed by atoms with van der Waals surface area (Å²) in [4.78, 5) is 55.5. The lowest BCUT2D eigenvalue weighted by Gasteiger charge is -2.26. The molecule has 0 aliphatic carbocycles. The van der Waals surface area contributed by atoms with Gasteiger partial charge in [0, 0.05) is 48.6 Å². The van der Waals surface area contributed by atoms with Crippen molar-refractivity contribution >= 4 is 34.4 Å². The molecule has 2 amide bonds. The third-order valence-corrected chi connectivity index (χ3v) is 6.20. The van der Waals surface area contributed by atoms with Gasteiger partial charge in [-0.25, -0.2) is 4.98 Å². The molecule has 0 bridgehead atoms. The topological polar surface area (TPSA) is 192 Å². The number of nitriles is 1. The molecule has 0 radical (unpaired) electrons. The average Bonchev–Trinajstić information content (AvgIpc) is 3.54. The molecule has 3 heterocycles. The van der Waals surface area contributed by atoms with E-state index in [4.69, 9.17) is 9.84 Å². The number of aromatic amines is 1. The molecule has 3 N–H and O–H groups in total. The van der Waals surface area contributed by atoms with Crippen LogP contribution in [0, 0.1) is 21.4 Å². The highest BCUT2D eigenvalue weighted by Gasteiger charge is 2.34. The van der Waals surface area contributed by atoms with E-state index in [2.05, 4.69) is 21.4 Å². The summed E-state index contributed by atoms with van der Waals surface area (Å²) in [6, 6.07) is 8.34. The summed E-state index contributed by atoms with van der Waals surface area (Å²) in [7, 11) is 0. The average molecular weight is 521 g/mol. The number of nitrogens with zero attached hydrogens (tertiary/aromatic N) is 4. The first-order chi connectivity index (χ1) is 18.2. The Balaban J connectivity index is 1.57. The normalized spacial score (nSPS) is 15.6. The number of carbonyl (C=O) groups is 3. The molecule has 38 heavy (non-hydrogen) atoms. The van der Waals surface area contributed by atoms with E-state index in [1.54, 1.807) is 24.4 Å². The van der Waals surface area contributed by atoms with Crippen molar-refractivity contribution in [2.45, 2.75) is 44.2 Å². The first kappa shape index (κ1) is 26.1. The number of aliphatic carboxylic acids is 1. The van der Waals surface area contributed by atoms with E-state index in [0.29, 0.717) is 36.1 Å². The molecular weight excluding hydrogens is 496 g/mol. The van der Waals surface area contributed by atoms with Crippen molar-refractivity contribution in [3.05, 3.63) is 58.4 Å². The van der Waals surface area contributed by atoms with Crippen LogP contribution >= 0.6 is 0 Å². The van der Waals surface area contributed by atoms with E-state index in [1.807, 2.05) is 0 Å². The second-order valence-electron chi connectivity index (χ2n) is 8.77. The van der Waals surface area contributed by atoms with Crippen molar-refractivity contribution in [3.8, 4) is 17.7 Å². The largest absolute Gasteiger partial charge is 0.481 e. The highest BCUT2D eigenvalue weighted by atomic mass is 16.6. The van der Waals surface area contributed by atoms with Crippen LogP contribution in [-0.2, 0) is 20.8 Å². The zero-order valence-corrected chi connectivity index (χ0v) is 20.1. The third-order valence-electron chi connectivity index (χ3n) is 6.20. The minimum Gasteiger partial charge on any atom is -0.481 e. The van der Waals surface area contributed by atoms with Gasteiger partial charge in [0.2, 0.25) is 17.7 Å². The summed E-state index contributed by atoms with van der Waals surface area (Å²) < 4.78 is 5.74. The molecule has 1 aliphatic rings. The number of amides is 2. The molecule has 1 fully saturated rings. The first-order valence-corrected chi connectivity index (χ1v) is 11.8. The van der Waals surface area contributed by atoms with E-state index in [1.165, 1.54) is 17.0 Å². The number of nitro groups is 1. The van der Waals surface area contributed by atoms with E-state index >= 15 is 0 Å². The van der Waals surface area contributed by atoms with Gasteiger partial charge < -0.3 is 25.0 Å². The minimum atomic E-state index is -1.13. The number of likely N-dealkylation sites (tertiary alicyclic amines) is 1. The standard InChI is InChI=1S/C25H24N6O7/c26-12-16-2-1-9-30(16)25(35)21(29-22(32)6-8-24(33)34)10-15-13-27-20-5-4-18(11-19(15)20)38-23-7-3-17(14-28-23)31(36)37/h3-5,7,11,13-14,16,21,27H,1-2,6,8-10H2,(H,29,32)(H,33,34)/t16?,21-/m0/s1. The third kappa shape index (κ3) is 6.04. The van der Waals surface area contributed by atoms with Gasteiger partial charge >= 0.3 is 5.97 Å². The van der Waals surface area contributed by atoms with Gasteiger partial charge in [0.15, 0.2) is 0 Å². The lowest BCUT2D eigenvalue weighted by molar-refractivity contribution is -0.385. The number of aromatic nitrogens is 2. The van der Waals surface area contributed by atoms with E-state index in [0.717, 1.165) is 11.7 Å².